The van der Waals surface area contributed by atoms with Gasteiger partial charge in [-0.1, -0.05) is 29.8 Å². The Bertz CT molecular complexity index is 955. The summed E-state index contributed by atoms with van der Waals surface area (Å²) in [6.45, 7) is -0.401. The largest absolute Gasteiger partial charge is 0.481 e. The molecule has 0 unspecified atom stereocenters. The Hall–Kier alpha value is -2.80. The number of halogens is 4. The van der Waals surface area contributed by atoms with E-state index in [0.717, 1.165) is 23.6 Å². The SMILES string of the molecule is O=C(COc1cccc2cccnc12)Nc1cc(C(F)(F)F)ccc1Cl. The molecule has 3 aromatic rings. The number of fused-ring (bicyclic) bond motifs is 1. The van der Waals surface area contributed by atoms with E-state index in [1.165, 1.54) is 0 Å². The summed E-state index contributed by atoms with van der Waals surface area (Å²) < 4.78 is 43.8. The van der Waals surface area contributed by atoms with Crippen molar-refractivity contribution in [2.75, 3.05) is 11.9 Å². The van der Waals surface area contributed by atoms with Crippen LogP contribution in [0.4, 0.5) is 18.9 Å². The average molecular weight is 381 g/mol. The molecule has 4 nitrogen and oxygen atoms in total. The summed E-state index contributed by atoms with van der Waals surface area (Å²) in [5, 5.41) is 3.16. The summed E-state index contributed by atoms with van der Waals surface area (Å²) in [5.74, 6) is -0.243. The summed E-state index contributed by atoms with van der Waals surface area (Å²) in [5.41, 5.74) is -0.456. The van der Waals surface area contributed by atoms with Gasteiger partial charge in [0.2, 0.25) is 0 Å². The van der Waals surface area contributed by atoms with Crippen LogP contribution in [-0.2, 0) is 11.0 Å². The van der Waals surface area contributed by atoms with Crippen LogP contribution < -0.4 is 10.1 Å². The van der Waals surface area contributed by atoms with Crippen LogP contribution in [0.1, 0.15) is 5.56 Å². The molecule has 0 saturated carbocycles. The number of aromatic nitrogens is 1. The van der Waals surface area contributed by atoms with Gasteiger partial charge in [-0.25, -0.2) is 0 Å². The van der Waals surface area contributed by atoms with Crippen molar-refractivity contribution >= 4 is 34.1 Å². The van der Waals surface area contributed by atoms with Gasteiger partial charge in [0.15, 0.2) is 6.61 Å². The van der Waals surface area contributed by atoms with Crippen molar-refractivity contribution in [2.24, 2.45) is 0 Å². The van der Waals surface area contributed by atoms with Gasteiger partial charge in [0.25, 0.3) is 5.91 Å². The van der Waals surface area contributed by atoms with Gasteiger partial charge in [0.05, 0.1) is 16.3 Å². The maximum Gasteiger partial charge on any atom is 0.416 e. The van der Waals surface area contributed by atoms with E-state index < -0.39 is 24.3 Å². The van der Waals surface area contributed by atoms with E-state index in [0.29, 0.717) is 11.3 Å². The smallest absolute Gasteiger partial charge is 0.416 e. The second-order valence-corrected chi connectivity index (χ2v) is 5.77. The van der Waals surface area contributed by atoms with Gasteiger partial charge < -0.3 is 10.1 Å². The Morgan fingerprint density at radius 1 is 1.15 bits per heavy atom. The number of pyridine rings is 1. The second-order valence-electron chi connectivity index (χ2n) is 5.36. The number of hydrogen-bond acceptors (Lipinski definition) is 3. The molecule has 1 N–H and O–H groups in total. The first-order valence-corrected chi connectivity index (χ1v) is 7.85. The summed E-state index contributed by atoms with van der Waals surface area (Å²) >= 11 is 5.85. The summed E-state index contributed by atoms with van der Waals surface area (Å²) in [6.07, 6.45) is -2.94. The van der Waals surface area contributed by atoms with E-state index in [9.17, 15) is 18.0 Å². The molecule has 26 heavy (non-hydrogen) atoms. The van der Waals surface area contributed by atoms with E-state index in [2.05, 4.69) is 10.3 Å². The van der Waals surface area contributed by atoms with Crippen LogP contribution in [0, 0.1) is 0 Å². The van der Waals surface area contributed by atoms with E-state index >= 15 is 0 Å². The highest BCUT2D eigenvalue weighted by Gasteiger charge is 2.31. The molecule has 0 fully saturated rings. The molecule has 0 atom stereocenters. The molecule has 2 aromatic carbocycles. The predicted octanol–water partition coefficient (Wildman–Crippen LogP) is 4.92. The monoisotopic (exact) mass is 380 g/mol. The van der Waals surface area contributed by atoms with E-state index in [-0.39, 0.29) is 10.7 Å². The number of carbonyl (C=O) groups excluding carboxylic acids is 1. The fourth-order valence-corrected chi connectivity index (χ4v) is 2.48. The van der Waals surface area contributed by atoms with Gasteiger partial charge in [-0.15, -0.1) is 0 Å². The maximum atomic E-state index is 12.8. The van der Waals surface area contributed by atoms with Crippen LogP contribution in [0.15, 0.2) is 54.7 Å². The zero-order chi connectivity index (χ0) is 18.7. The first-order valence-electron chi connectivity index (χ1n) is 7.48. The standard InChI is InChI=1S/C18H12ClF3N2O2/c19-13-7-6-12(18(20,21)22)9-14(13)24-16(25)10-26-15-5-1-3-11-4-2-8-23-17(11)15/h1-9H,10H2,(H,24,25). The molecule has 0 radical (unpaired) electrons. The van der Waals surface area contributed by atoms with Gasteiger partial charge in [-0.2, -0.15) is 13.2 Å². The third kappa shape index (κ3) is 4.05. The number of rotatable bonds is 4. The minimum atomic E-state index is -4.53. The van der Waals surface area contributed by atoms with Crippen molar-refractivity contribution in [1.29, 1.82) is 0 Å². The molecule has 0 aliphatic heterocycles. The molecule has 8 heteroatoms. The van der Waals surface area contributed by atoms with Gasteiger partial charge in [0, 0.05) is 11.6 Å². The van der Waals surface area contributed by atoms with E-state index in [4.69, 9.17) is 16.3 Å². The lowest BCUT2D eigenvalue weighted by molar-refractivity contribution is -0.137. The first-order chi connectivity index (χ1) is 12.3. The van der Waals surface area contributed by atoms with Crippen LogP contribution in [0.2, 0.25) is 5.02 Å². The van der Waals surface area contributed by atoms with Crippen molar-refractivity contribution in [2.45, 2.75) is 6.18 Å². The molecule has 134 valence electrons. The van der Waals surface area contributed by atoms with E-state index in [1.807, 2.05) is 12.1 Å². The molecule has 0 bridgehead atoms. The Kier molecular flexibility index (Phi) is 4.99. The normalized spacial score (nSPS) is 11.4. The van der Waals surface area contributed by atoms with Gasteiger partial charge in [0.1, 0.15) is 11.3 Å². The number of carbonyl (C=O) groups is 1. The number of anilines is 1. The number of ether oxygens (including phenoxy) is 1. The summed E-state index contributed by atoms with van der Waals surface area (Å²) in [6, 6.07) is 11.6. The Labute approximate surface area is 151 Å². The van der Waals surface area contributed by atoms with Crippen molar-refractivity contribution in [3.05, 3.63) is 65.3 Å². The molecule has 1 heterocycles. The molecule has 3 rings (SSSR count). The lowest BCUT2D eigenvalue weighted by Crippen LogP contribution is -2.21. The molecule has 0 saturated heterocycles. The van der Waals surface area contributed by atoms with Crippen molar-refractivity contribution in [1.82, 2.24) is 4.98 Å². The summed E-state index contributed by atoms with van der Waals surface area (Å²) in [7, 11) is 0. The zero-order valence-corrected chi connectivity index (χ0v) is 13.9. The van der Waals surface area contributed by atoms with Crippen LogP contribution in [0.3, 0.4) is 0 Å². The van der Waals surface area contributed by atoms with Crippen molar-refractivity contribution < 1.29 is 22.7 Å². The molecule has 0 spiro atoms. The van der Waals surface area contributed by atoms with E-state index in [1.54, 1.807) is 24.4 Å². The van der Waals surface area contributed by atoms with Gasteiger partial charge >= 0.3 is 6.18 Å². The molecular formula is C18H12ClF3N2O2. The number of benzene rings is 2. The fraction of sp³-hybridized carbons (Fsp3) is 0.111. The number of amides is 1. The second kappa shape index (κ2) is 7.21. The molecule has 1 amide bonds. The minimum Gasteiger partial charge on any atom is -0.481 e. The minimum absolute atomic E-state index is 0.00169. The fourth-order valence-electron chi connectivity index (χ4n) is 2.32. The van der Waals surface area contributed by atoms with Crippen molar-refractivity contribution in [3.8, 4) is 5.75 Å². The molecular weight excluding hydrogens is 369 g/mol. The quantitative estimate of drug-likeness (QED) is 0.698. The number of hydrogen-bond donors (Lipinski definition) is 1. The van der Waals surface area contributed by atoms with Crippen LogP contribution in [0.25, 0.3) is 10.9 Å². The molecule has 1 aromatic heterocycles. The van der Waals surface area contributed by atoms with Crippen LogP contribution >= 0.6 is 11.6 Å². The number of alkyl halides is 3. The molecule has 0 aliphatic rings. The van der Waals surface area contributed by atoms with Crippen molar-refractivity contribution in [3.63, 3.8) is 0 Å². The topological polar surface area (TPSA) is 51.2 Å². The summed E-state index contributed by atoms with van der Waals surface area (Å²) in [4.78, 5) is 16.2. The van der Waals surface area contributed by atoms with Gasteiger partial charge in [-0.05, 0) is 30.3 Å². The number of nitrogens with one attached hydrogen (secondary N) is 1. The highest BCUT2D eigenvalue weighted by atomic mass is 35.5. The average Bonchev–Trinajstić information content (AvgIpc) is 2.61. The number of para-hydroxylation sites is 1. The maximum absolute atomic E-state index is 12.8. The predicted molar refractivity (Wildman–Crippen MR) is 92.3 cm³/mol. The third-order valence-corrected chi connectivity index (χ3v) is 3.85. The highest BCUT2D eigenvalue weighted by Crippen LogP contribution is 2.33. The van der Waals surface area contributed by atoms with Gasteiger partial charge in [-0.3, -0.25) is 9.78 Å². The Balaban J connectivity index is 1.71. The lowest BCUT2D eigenvalue weighted by atomic mass is 10.2. The third-order valence-electron chi connectivity index (χ3n) is 3.52. The Morgan fingerprint density at radius 3 is 2.69 bits per heavy atom. The van der Waals surface area contributed by atoms with Crippen LogP contribution in [0.5, 0.6) is 5.75 Å². The lowest BCUT2D eigenvalue weighted by Gasteiger charge is -2.12. The zero-order valence-electron chi connectivity index (χ0n) is 13.2. The highest BCUT2D eigenvalue weighted by molar-refractivity contribution is 6.33. The molecule has 0 aliphatic carbocycles. The first kappa shape index (κ1) is 18.0. The number of nitrogens with zero attached hydrogens (tertiary/aromatic N) is 1. The van der Waals surface area contributed by atoms with Crippen LogP contribution in [-0.4, -0.2) is 17.5 Å². The Morgan fingerprint density at radius 2 is 1.92 bits per heavy atom.